The van der Waals surface area contributed by atoms with Crippen molar-refractivity contribution in [3.05, 3.63) is 44.3 Å². The zero-order chi connectivity index (χ0) is 19.7. The molecule has 0 aliphatic carbocycles. The van der Waals surface area contributed by atoms with E-state index in [1.807, 2.05) is 19.1 Å². The number of anilines is 2. The van der Waals surface area contributed by atoms with Crippen LogP contribution in [0.25, 0.3) is 0 Å². The summed E-state index contributed by atoms with van der Waals surface area (Å²) in [6.07, 6.45) is 0. The summed E-state index contributed by atoms with van der Waals surface area (Å²) in [6.45, 7) is 5.27. The molecule has 0 spiro atoms. The van der Waals surface area contributed by atoms with Crippen molar-refractivity contribution in [2.24, 2.45) is 0 Å². The molecular formula is C19H18Br2N2O4. The maximum absolute atomic E-state index is 12.7. The van der Waals surface area contributed by atoms with Gasteiger partial charge < -0.3 is 20.1 Å². The highest BCUT2D eigenvalue weighted by Crippen LogP contribution is 2.37. The Morgan fingerprint density at radius 2 is 1.67 bits per heavy atom. The van der Waals surface area contributed by atoms with Gasteiger partial charge in [0.25, 0.3) is 0 Å². The van der Waals surface area contributed by atoms with Crippen molar-refractivity contribution >= 4 is 54.9 Å². The number of ether oxygens (including phenoxy) is 2. The second-order valence-electron chi connectivity index (χ2n) is 6.27. The average Bonchev–Trinajstić information content (AvgIpc) is 3.04. The first-order valence-corrected chi connectivity index (χ1v) is 9.82. The number of fused-ring (bicyclic) bond motifs is 1. The van der Waals surface area contributed by atoms with Gasteiger partial charge in [-0.2, -0.15) is 0 Å². The Labute approximate surface area is 173 Å². The Morgan fingerprint density at radius 1 is 1.07 bits per heavy atom. The van der Waals surface area contributed by atoms with Crippen LogP contribution in [0.4, 0.5) is 11.4 Å². The van der Waals surface area contributed by atoms with Crippen LogP contribution in [0.3, 0.4) is 0 Å². The fraction of sp³-hybridized carbons (Fsp3) is 0.263. The fourth-order valence-corrected chi connectivity index (χ4v) is 4.32. The number of carbonyl (C=O) groups is 2. The number of amides is 1. The molecule has 0 fully saturated rings. The van der Waals surface area contributed by atoms with Gasteiger partial charge in [0.1, 0.15) is 6.04 Å². The van der Waals surface area contributed by atoms with Crippen molar-refractivity contribution in [3.63, 3.8) is 0 Å². The van der Waals surface area contributed by atoms with Gasteiger partial charge in [-0.1, -0.05) is 0 Å². The number of aryl methyl sites for hydroxylation is 1. The lowest BCUT2D eigenvalue weighted by Crippen LogP contribution is -2.32. The van der Waals surface area contributed by atoms with E-state index in [2.05, 4.69) is 42.5 Å². The van der Waals surface area contributed by atoms with E-state index in [4.69, 9.17) is 9.47 Å². The topological polar surface area (TPSA) is 76.7 Å². The molecule has 0 unspecified atom stereocenters. The van der Waals surface area contributed by atoms with E-state index < -0.39 is 6.04 Å². The molecule has 1 aliphatic rings. The van der Waals surface area contributed by atoms with Gasteiger partial charge in [0.2, 0.25) is 12.7 Å². The lowest BCUT2D eigenvalue weighted by atomic mass is 10.1. The minimum atomic E-state index is -0.594. The number of Topliss-reactive ketones (excluding diaryl/α,β-unsaturated/α-hetero) is 1. The van der Waals surface area contributed by atoms with Crippen molar-refractivity contribution in [1.82, 2.24) is 0 Å². The first-order valence-electron chi connectivity index (χ1n) is 8.24. The molecule has 2 aromatic carbocycles. The van der Waals surface area contributed by atoms with Gasteiger partial charge in [-0.3, -0.25) is 9.59 Å². The van der Waals surface area contributed by atoms with E-state index in [1.165, 1.54) is 6.92 Å². The van der Waals surface area contributed by atoms with E-state index in [0.717, 1.165) is 14.5 Å². The summed E-state index contributed by atoms with van der Waals surface area (Å²) in [6, 6.07) is 6.56. The summed E-state index contributed by atoms with van der Waals surface area (Å²) in [4.78, 5) is 24.6. The minimum Gasteiger partial charge on any atom is -0.454 e. The second-order valence-corrected chi connectivity index (χ2v) is 7.97. The summed E-state index contributed by atoms with van der Waals surface area (Å²) in [5, 5.41) is 5.98. The Bertz CT molecular complexity index is 907. The minimum absolute atomic E-state index is 0.113. The Kier molecular flexibility index (Phi) is 5.76. The number of halogens is 2. The summed E-state index contributed by atoms with van der Waals surface area (Å²) >= 11 is 6.93. The molecule has 8 heteroatoms. The third kappa shape index (κ3) is 4.27. The van der Waals surface area contributed by atoms with Gasteiger partial charge in [0.15, 0.2) is 17.3 Å². The van der Waals surface area contributed by atoms with E-state index in [-0.39, 0.29) is 18.5 Å². The monoisotopic (exact) mass is 496 g/mol. The maximum Gasteiger partial charge on any atom is 0.246 e. The van der Waals surface area contributed by atoms with Crippen LogP contribution < -0.4 is 20.1 Å². The molecule has 2 N–H and O–H groups in total. The third-order valence-electron chi connectivity index (χ3n) is 4.09. The zero-order valence-corrected chi connectivity index (χ0v) is 18.2. The van der Waals surface area contributed by atoms with Crippen molar-refractivity contribution in [1.29, 1.82) is 0 Å². The van der Waals surface area contributed by atoms with Crippen LogP contribution in [0.1, 0.15) is 29.8 Å². The van der Waals surface area contributed by atoms with Gasteiger partial charge in [-0.15, -0.1) is 0 Å². The summed E-state index contributed by atoms with van der Waals surface area (Å²) in [5.74, 6) is 0.689. The molecule has 1 heterocycles. The average molecular weight is 498 g/mol. The molecule has 0 radical (unpaired) electrons. The lowest BCUT2D eigenvalue weighted by Gasteiger charge is -2.19. The van der Waals surface area contributed by atoms with Gasteiger partial charge in [0, 0.05) is 26.3 Å². The van der Waals surface area contributed by atoms with Crippen molar-refractivity contribution < 1.29 is 19.1 Å². The van der Waals surface area contributed by atoms with Gasteiger partial charge in [-0.25, -0.2) is 0 Å². The quantitative estimate of drug-likeness (QED) is 0.575. The molecule has 2 aromatic rings. The lowest BCUT2D eigenvalue weighted by molar-refractivity contribution is -0.116. The number of nitrogens with one attached hydrogen (secondary N) is 2. The van der Waals surface area contributed by atoms with Crippen LogP contribution in [0.5, 0.6) is 11.5 Å². The molecule has 142 valence electrons. The van der Waals surface area contributed by atoms with Crippen molar-refractivity contribution in [2.45, 2.75) is 26.8 Å². The smallest absolute Gasteiger partial charge is 0.246 e. The van der Waals surface area contributed by atoms with E-state index in [0.29, 0.717) is 28.4 Å². The van der Waals surface area contributed by atoms with Crippen molar-refractivity contribution in [2.75, 3.05) is 17.4 Å². The predicted molar refractivity (Wildman–Crippen MR) is 111 cm³/mol. The van der Waals surface area contributed by atoms with E-state index in [9.17, 15) is 9.59 Å². The predicted octanol–water partition coefficient (Wildman–Crippen LogP) is 4.89. The highest BCUT2D eigenvalue weighted by molar-refractivity contribution is 9.11. The number of benzene rings is 2. The van der Waals surface area contributed by atoms with Gasteiger partial charge >= 0.3 is 0 Å². The molecular weight excluding hydrogens is 480 g/mol. The normalized spacial score (nSPS) is 13.2. The zero-order valence-electron chi connectivity index (χ0n) is 15.0. The first-order chi connectivity index (χ1) is 12.8. The molecule has 1 aliphatic heterocycles. The van der Waals surface area contributed by atoms with Crippen LogP contribution in [0.2, 0.25) is 0 Å². The fourth-order valence-electron chi connectivity index (χ4n) is 2.70. The van der Waals surface area contributed by atoms with E-state index in [1.54, 1.807) is 19.1 Å². The molecule has 1 amide bonds. The molecule has 0 saturated heterocycles. The SMILES string of the molecule is CC(=O)c1cc2c(cc1N[C@@H](C)C(=O)Nc1c(Br)cc(C)cc1Br)OCO2. The van der Waals surface area contributed by atoms with Crippen LogP contribution in [0.15, 0.2) is 33.2 Å². The van der Waals surface area contributed by atoms with Crippen LogP contribution in [0, 0.1) is 6.92 Å². The number of carbonyl (C=O) groups excluding carboxylic acids is 2. The molecule has 3 rings (SSSR count). The number of rotatable bonds is 5. The highest BCUT2D eigenvalue weighted by atomic mass is 79.9. The maximum atomic E-state index is 12.7. The Balaban J connectivity index is 1.80. The Hall–Kier alpha value is -2.06. The standard InChI is InChI=1S/C19H18Br2N2O4/c1-9-4-13(20)18(14(21)5-9)23-19(25)10(2)22-15-7-17-16(26-8-27-17)6-12(15)11(3)24/h4-7,10,22H,8H2,1-3H3,(H,23,25)/t10-/m0/s1. The van der Waals surface area contributed by atoms with Crippen LogP contribution in [-0.4, -0.2) is 24.5 Å². The largest absolute Gasteiger partial charge is 0.454 e. The van der Waals surface area contributed by atoms with Gasteiger partial charge in [0.05, 0.1) is 5.69 Å². The molecule has 0 aromatic heterocycles. The number of ketones is 1. The molecule has 1 atom stereocenters. The Morgan fingerprint density at radius 3 is 2.26 bits per heavy atom. The van der Waals surface area contributed by atoms with Gasteiger partial charge in [-0.05, 0) is 76.4 Å². The van der Waals surface area contributed by atoms with Crippen molar-refractivity contribution in [3.8, 4) is 11.5 Å². The first kappa shape index (κ1) is 19.7. The molecule has 0 bridgehead atoms. The van der Waals surface area contributed by atoms with E-state index >= 15 is 0 Å². The summed E-state index contributed by atoms with van der Waals surface area (Å²) in [5.41, 5.74) is 2.68. The molecule has 6 nitrogen and oxygen atoms in total. The van der Waals surface area contributed by atoms with Crippen LogP contribution >= 0.6 is 31.9 Å². The third-order valence-corrected chi connectivity index (χ3v) is 5.34. The summed E-state index contributed by atoms with van der Waals surface area (Å²) < 4.78 is 12.2. The van der Waals surface area contributed by atoms with Crippen LogP contribution in [-0.2, 0) is 4.79 Å². The second kappa shape index (κ2) is 7.90. The molecule has 27 heavy (non-hydrogen) atoms. The number of hydrogen-bond acceptors (Lipinski definition) is 5. The highest BCUT2D eigenvalue weighted by Gasteiger charge is 2.22. The summed E-state index contributed by atoms with van der Waals surface area (Å²) in [7, 11) is 0. The molecule has 0 saturated carbocycles. The number of hydrogen-bond donors (Lipinski definition) is 2.